The van der Waals surface area contributed by atoms with Gasteiger partial charge >= 0.3 is 0 Å². The van der Waals surface area contributed by atoms with Gasteiger partial charge in [0.05, 0.1) is 0 Å². The molecule has 2 saturated carbocycles. The van der Waals surface area contributed by atoms with E-state index in [2.05, 4.69) is 13.5 Å². The monoisotopic (exact) mass is 282 g/mol. The third-order valence-electron chi connectivity index (χ3n) is 6.89. The van der Waals surface area contributed by atoms with Gasteiger partial charge in [-0.05, 0) is 73.0 Å². The van der Waals surface area contributed by atoms with Crippen LogP contribution in [0.3, 0.4) is 0 Å². The molecule has 0 aromatic heterocycles. The average molecular weight is 282 g/mol. The molecule has 4 atom stereocenters. The minimum absolute atomic E-state index is 0.293. The predicted molar refractivity (Wildman–Crippen MR) is 85.8 cm³/mol. The van der Waals surface area contributed by atoms with Crippen LogP contribution in [0.5, 0.6) is 0 Å². The Hall–Kier alpha value is -1.11. The zero-order valence-electron chi connectivity index (χ0n) is 13.2. The van der Waals surface area contributed by atoms with Crippen molar-refractivity contribution in [2.75, 3.05) is 0 Å². The molecule has 1 heteroatoms. The molecule has 0 aliphatic heterocycles. The van der Waals surface area contributed by atoms with Crippen molar-refractivity contribution < 1.29 is 4.79 Å². The number of fused-ring (bicyclic) bond motifs is 4. The Balaban J connectivity index is 1.80. The molecule has 4 rings (SSSR count). The Morgan fingerprint density at radius 2 is 2.14 bits per heavy atom. The van der Waals surface area contributed by atoms with Crippen molar-refractivity contribution in [3.05, 3.63) is 35.5 Å². The van der Waals surface area contributed by atoms with Crippen LogP contribution in [-0.4, -0.2) is 5.78 Å². The molecule has 0 spiro atoms. The van der Waals surface area contributed by atoms with E-state index in [0.717, 1.165) is 18.3 Å². The van der Waals surface area contributed by atoms with Gasteiger partial charge in [-0.2, -0.15) is 0 Å². The molecule has 0 saturated heterocycles. The summed E-state index contributed by atoms with van der Waals surface area (Å²) in [6.45, 7) is 6.55. The molecular weight excluding hydrogens is 256 g/mol. The molecule has 21 heavy (non-hydrogen) atoms. The third-order valence-corrected chi connectivity index (χ3v) is 6.89. The third kappa shape index (κ3) is 1.93. The van der Waals surface area contributed by atoms with Crippen LogP contribution in [0.25, 0.3) is 0 Å². The first-order valence-corrected chi connectivity index (χ1v) is 8.71. The van der Waals surface area contributed by atoms with Crippen molar-refractivity contribution >= 4 is 5.78 Å². The maximum Gasteiger partial charge on any atom is 0.156 e. The lowest BCUT2D eigenvalue weighted by Crippen LogP contribution is -2.37. The molecule has 0 N–H and O–H groups in total. The highest BCUT2D eigenvalue weighted by molar-refractivity contribution is 5.93. The zero-order valence-corrected chi connectivity index (χ0v) is 13.2. The standard InChI is InChI=1S/C20H26O/c1-3-13-11-15(21)12-14-6-7-16-17(19(13)14)8-10-20(2)9-4-5-18(16)20/h3,12-13,16,18H,1,4-11H2,2H3/t13-,16-,18+,20+/m1/s1. The van der Waals surface area contributed by atoms with Crippen LogP contribution in [0, 0.1) is 23.2 Å². The fourth-order valence-corrected chi connectivity index (χ4v) is 5.87. The fourth-order valence-electron chi connectivity index (χ4n) is 5.87. The van der Waals surface area contributed by atoms with E-state index in [0.29, 0.717) is 23.5 Å². The van der Waals surface area contributed by atoms with E-state index in [-0.39, 0.29) is 0 Å². The molecule has 0 heterocycles. The van der Waals surface area contributed by atoms with E-state index in [1.165, 1.54) is 49.7 Å². The molecule has 0 radical (unpaired) electrons. The molecule has 0 bridgehead atoms. The first-order valence-electron chi connectivity index (χ1n) is 8.71. The summed E-state index contributed by atoms with van der Waals surface area (Å²) in [5, 5.41) is 0. The van der Waals surface area contributed by atoms with E-state index in [9.17, 15) is 4.79 Å². The summed E-state index contributed by atoms with van der Waals surface area (Å²) in [5.41, 5.74) is 5.21. The van der Waals surface area contributed by atoms with E-state index in [1.807, 2.05) is 12.2 Å². The lowest BCUT2D eigenvalue weighted by atomic mass is 9.57. The van der Waals surface area contributed by atoms with Gasteiger partial charge < -0.3 is 0 Å². The predicted octanol–water partition coefficient (Wildman–Crippen LogP) is 4.99. The SMILES string of the molecule is C=C[C@@H]1CC(=O)C=C2CC[C@@H]3C(=C21)CC[C@]1(C)CCC[C@@H]31. The number of ketones is 1. The molecule has 0 aromatic carbocycles. The smallest absolute Gasteiger partial charge is 0.156 e. The molecule has 0 amide bonds. The Morgan fingerprint density at radius 3 is 2.95 bits per heavy atom. The quantitative estimate of drug-likeness (QED) is 0.619. The molecule has 0 aromatic rings. The molecule has 0 unspecified atom stereocenters. The molecule has 112 valence electrons. The van der Waals surface area contributed by atoms with Gasteiger partial charge in [0.1, 0.15) is 0 Å². The van der Waals surface area contributed by atoms with Gasteiger partial charge in [0.15, 0.2) is 5.78 Å². The Morgan fingerprint density at radius 1 is 1.29 bits per heavy atom. The highest BCUT2D eigenvalue weighted by atomic mass is 16.1. The normalized spacial score (nSPS) is 42.0. The number of allylic oxidation sites excluding steroid dienone is 5. The average Bonchev–Trinajstić information content (AvgIpc) is 2.87. The van der Waals surface area contributed by atoms with E-state index in [4.69, 9.17) is 0 Å². The van der Waals surface area contributed by atoms with Crippen LogP contribution >= 0.6 is 0 Å². The van der Waals surface area contributed by atoms with Crippen LogP contribution in [0.15, 0.2) is 35.5 Å². The first kappa shape index (κ1) is 13.5. The Bertz CT molecular complexity index is 564. The summed E-state index contributed by atoms with van der Waals surface area (Å²) < 4.78 is 0. The van der Waals surface area contributed by atoms with Gasteiger partial charge in [-0.1, -0.05) is 25.0 Å². The van der Waals surface area contributed by atoms with Crippen LogP contribution in [-0.2, 0) is 4.79 Å². The molecule has 4 aliphatic carbocycles. The number of hydrogen-bond acceptors (Lipinski definition) is 1. The van der Waals surface area contributed by atoms with Gasteiger partial charge in [0, 0.05) is 12.3 Å². The molecule has 1 nitrogen and oxygen atoms in total. The first-order chi connectivity index (χ1) is 10.1. The van der Waals surface area contributed by atoms with Gasteiger partial charge in [0.25, 0.3) is 0 Å². The van der Waals surface area contributed by atoms with Crippen LogP contribution in [0.1, 0.15) is 58.3 Å². The molecule has 2 fully saturated rings. The lowest BCUT2D eigenvalue weighted by molar-refractivity contribution is -0.115. The second-order valence-corrected chi connectivity index (χ2v) is 7.92. The lowest BCUT2D eigenvalue weighted by Gasteiger charge is -2.48. The number of rotatable bonds is 1. The summed E-state index contributed by atoms with van der Waals surface area (Å²) in [6.07, 6.45) is 13.9. The number of carbonyl (C=O) groups is 1. The summed E-state index contributed by atoms with van der Waals surface area (Å²) in [5.74, 6) is 2.30. The van der Waals surface area contributed by atoms with E-state index >= 15 is 0 Å². The van der Waals surface area contributed by atoms with Crippen molar-refractivity contribution in [2.24, 2.45) is 23.2 Å². The van der Waals surface area contributed by atoms with Crippen molar-refractivity contribution in [1.82, 2.24) is 0 Å². The maximum atomic E-state index is 11.9. The summed E-state index contributed by atoms with van der Waals surface area (Å²) in [7, 11) is 0. The van der Waals surface area contributed by atoms with Crippen LogP contribution in [0.4, 0.5) is 0 Å². The Kier molecular flexibility index (Phi) is 3.03. The van der Waals surface area contributed by atoms with Crippen molar-refractivity contribution in [3.8, 4) is 0 Å². The van der Waals surface area contributed by atoms with Crippen molar-refractivity contribution in [2.45, 2.75) is 58.3 Å². The summed E-state index contributed by atoms with van der Waals surface area (Å²) in [4.78, 5) is 11.9. The van der Waals surface area contributed by atoms with Crippen molar-refractivity contribution in [3.63, 3.8) is 0 Å². The highest BCUT2D eigenvalue weighted by Gasteiger charge is 2.49. The second-order valence-electron chi connectivity index (χ2n) is 7.92. The Labute approximate surface area is 128 Å². The van der Waals surface area contributed by atoms with Crippen molar-refractivity contribution in [1.29, 1.82) is 0 Å². The van der Waals surface area contributed by atoms with E-state index in [1.54, 1.807) is 5.57 Å². The maximum absolute atomic E-state index is 11.9. The minimum Gasteiger partial charge on any atom is -0.295 e. The molecular formula is C20H26O. The molecule has 4 aliphatic rings. The van der Waals surface area contributed by atoms with Gasteiger partial charge in [-0.25, -0.2) is 0 Å². The number of carbonyl (C=O) groups excluding carboxylic acids is 1. The van der Waals surface area contributed by atoms with Gasteiger partial charge in [-0.15, -0.1) is 6.58 Å². The second kappa shape index (κ2) is 4.69. The minimum atomic E-state index is 0.293. The zero-order chi connectivity index (χ0) is 14.6. The van der Waals surface area contributed by atoms with Gasteiger partial charge in [-0.3, -0.25) is 4.79 Å². The summed E-state index contributed by atoms with van der Waals surface area (Å²) in [6, 6.07) is 0. The number of hydrogen-bond donors (Lipinski definition) is 0. The summed E-state index contributed by atoms with van der Waals surface area (Å²) >= 11 is 0. The van der Waals surface area contributed by atoms with Crippen LogP contribution in [0.2, 0.25) is 0 Å². The largest absolute Gasteiger partial charge is 0.295 e. The van der Waals surface area contributed by atoms with E-state index < -0.39 is 0 Å². The highest BCUT2D eigenvalue weighted by Crippen LogP contribution is 2.60. The fraction of sp³-hybridized carbons (Fsp3) is 0.650. The topological polar surface area (TPSA) is 17.1 Å². The van der Waals surface area contributed by atoms with Crippen LogP contribution < -0.4 is 0 Å². The van der Waals surface area contributed by atoms with Gasteiger partial charge in [0.2, 0.25) is 0 Å².